The number of carbonyl (C=O) groups is 1. The molecule has 25 heavy (non-hydrogen) atoms. The Balaban J connectivity index is 1.94. The van der Waals surface area contributed by atoms with E-state index in [0.717, 1.165) is 28.1 Å². The number of amides is 1. The van der Waals surface area contributed by atoms with Gasteiger partial charge in [0.15, 0.2) is 5.11 Å². The second-order valence-electron chi connectivity index (χ2n) is 5.79. The number of nitrogens with zero attached hydrogens (tertiary/aromatic N) is 1. The molecule has 0 aliphatic carbocycles. The van der Waals surface area contributed by atoms with E-state index < -0.39 is 0 Å². The van der Waals surface area contributed by atoms with Crippen LogP contribution in [-0.4, -0.2) is 18.1 Å². The van der Waals surface area contributed by atoms with Crippen molar-refractivity contribution in [3.63, 3.8) is 0 Å². The van der Waals surface area contributed by atoms with Crippen molar-refractivity contribution in [3.8, 4) is 5.75 Å². The Labute approximate surface area is 157 Å². The minimum atomic E-state index is -0.191. The molecule has 1 aliphatic heterocycles. The molecule has 1 aliphatic rings. The normalized spacial score (nSPS) is 15.7. The van der Waals surface area contributed by atoms with Crippen LogP contribution in [0.2, 0.25) is 5.02 Å². The van der Waals surface area contributed by atoms with E-state index >= 15 is 0 Å². The molecule has 1 heterocycles. The predicted octanol–water partition coefficient (Wildman–Crippen LogP) is 4.23. The first-order valence-corrected chi connectivity index (χ1v) is 8.47. The maximum absolute atomic E-state index is 12.8. The lowest BCUT2D eigenvalue weighted by Gasteiger charge is -2.16. The molecule has 3 rings (SSSR count). The summed E-state index contributed by atoms with van der Waals surface area (Å²) in [5.74, 6) is 0.616. The van der Waals surface area contributed by atoms with E-state index in [2.05, 4.69) is 5.32 Å². The molecule has 1 fully saturated rings. The summed E-state index contributed by atoms with van der Waals surface area (Å²) < 4.78 is 5.26. The molecule has 2 aromatic rings. The Hall–Kier alpha value is -2.37. The first kappa shape index (κ1) is 17.5. The van der Waals surface area contributed by atoms with Crippen LogP contribution < -0.4 is 15.0 Å². The summed E-state index contributed by atoms with van der Waals surface area (Å²) in [6.45, 7) is 3.85. The van der Waals surface area contributed by atoms with E-state index in [0.29, 0.717) is 15.8 Å². The summed E-state index contributed by atoms with van der Waals surface area (Å²) in [7, 11) is 1.63. The van der Waals surface area contributed by atoms with Crippen LogP contribution in [0, 0.1) is 13.8 Å². The molecule has 6 heteroatoms. The summed E-state index contributed by atoms with van der Waals surface area (Å²) >= 11 is 11.3. The fraction of sp³-hybridized carbons (Fsp3) is 0.158. The van der Waals surface area contributed by atoms with Crippen molar-refractivity contribution in [3.05, 3.63) is 63.8 Å². The van der Waals surface area contributed by atoms with Crippen LogP contribution in [0.15, 0.2) is 42.1 Å². The highest BCUT2D eigenvalue weighted by molar-refractivity contribution is 7.80. The molecule has 0 radical (unpaired) electrons. The third-order valence-corrected chi connectivity index (χ3v) is 4.53. The Morgan fingerprint density at radius 3 is 2.56 bits per heavy atom. The third kappa shape index (κ3) is 3.38. The molecule has 0 bridgehead atoms. The minimum absolute atomic E-state index is 0.191. The molecule has 1 N–H and O–H groups in total. The van der Waals surface area contributed by atoms with Crippen molar-refractivity contribution in [1.82, 2.24) is 5.32 Å². The zero-order valence-corrected chi connectivity index (χ0v) is 15.7. The fourth-order valence-corrected chi connectivity index (χ4v) is 3.30. The number of rotatable bonds is 3. The number of ether oxygens (including phenoxy) is 1. The van der Waals surface area contributed by atoms with Crippen LogP contribution in [0.25, 0.3) is 6.08 Å². The van der Waals surface area contributed by atoms with E-state index in [4.69, 9.17) is 28.6 Å². The monoisotopic (exact) mass is 372 g/mol. The van der Waals surface area contributed by atoms with Gasteiger partial charge in [-0.25, -0.2) is 0 Å². The average molecular weight is 373 g/mol. The lowest BCUT2D eigenvalue weighted by molar-refractivity contribution is -0.113. The zero-order chi connectivity index (χ0) is 18.1. The molecule has 0 saturated carbocycles. The number of halogens is 1. The maximum Gasteiger partial charge on any atom is 0.281 e. The Morgan fingerprint density at radius 2 is 1.92 bits per heavy atom. The van der Waals surface area contributed by atoms with Crippen molar-refractivity contribution in [1.29, 1.82) is 0 Å². The molecule has 0 aromatic heterocycles. The van der Waals surface area contributed by atoms with Gasteiger partial charge in [0, 0.05) is 5.02 Å². The number of carbonyl (C=O) groups excluding carboxylic acids is 1. The van der Waals surface area contributed by atoms with Crippen LogP contribution in [0.5, 0.6) is 5.75 Å². The summed E-state index contributed by atoms with van der Waals surface area (Å²) in [4.78, 5) is 14.3. The summed E-state index contributed by atoms with van der Waals surface area (Å²) in [5, 5.41) is 3.97. The van der Waals surface area contributed by atoms with Crippen LogP contribution in [0.1, 0.15) is 16.7 Å². The van der Waals surface area contributed by atoms with E-state index in [1.165, 1.54) is 4.90 Å². The largest absolute Gasteiger partial charge is 0.496 e. The van der Waals surface area contributed by atoms with Crippen LogP contribution >= 0.6 is 23.8 Å². The lowest BCUT2D eigenvalue weighted by atomic mass is 10.1. The Bertz CT molecular complexity index is 908. The van der Waals surface area contributed by atoms with Gasteiger partial charge in [0.2, 0.25) is 0 Å². The smallest absolute Gasteiger partial charge is 0.281 e. The van der Waals surface area contributed by atoms with Gasteiger partial charge in [0.05, 0.1) is 12.8 Å². The second-order valence-corrected chi connectivity index (χ2v) is 6.61. The standard InChI is InChI=1S/C19H17ClN2O2S/c1-11-9-14(20)5-6-16(11)22-18(23)15(21-19(22)25)10-13-4-7-17(24-3)12(2)8-13/h4-10H,1-3H3,(H,21,25)/b15-10-. The van der Waals surface area contributed by atoms with Gasteiger partial charge in [-0.05, 0) is 79.2 Å². The molecule has 128 valence electrons. The van der Waals surface area contributed by atoms with Crippen molar-refractivity contribution in [2.45, 2.75) is 13.8 Å². The zero-order valence-electron chi connectivity index (χ0n) is 14.1. The Morgan fingerprint density at radius 1 is 1.16 bits per heavy atom. The van der Waals surface area contributed by atoms with Crippen molar-refractivity contribution in [2.75, 3.05) is 12.0 Å². The quantitative estimate of drug-likeness (QED) is 0.646. The van der Waals surface area contributed by atoms with Crippen molar-refractivity contribution in [2.24, 2.45) is 0 Å². The van der Waals surface area contributed by atoms with Gasteiger partial charge in [0.1, 0.15) is 11.4 Å². The molecular weight excluding hydrogens is 356 g/mol. The number of aryl methyl sites for hydroxylation is 2. The highest BCUT2D eigenvalue weighted by atomic mass is 35.5. The second kappa shape index (κ2) is 6.86. The SMILES string of the molecule is COc1ccc(/C=C2\NC(=S)N(c3ccc(Cl)cc3C)C2=O)cc1C. The summed E-state index contributed by atoms with van der Waals surface area (Å²) in [5.41, 5.74) is 3.93. The molecule has 1 amide bonds. The van der Waals surface area contributed by atoms with Gasteiger partial charge in [0.25, 0.3) is 5.91 Å². The minimum Gasteiger partial charge on any atom is -0.496 e. The number of hydrogen-bond donors (Lipinski definition) is 1. The highest BCUT2D eigenvalue weighted by Crippen LogP contribution is 2.28. The van der Waals surface area contributed by atoms with E-state index in [1.54, 1.807) is 31.4 Å². The third-order valence-electron chi connectivity index (χ3n) is 4.01. The predicted molar refractivity (Wildman–Crippen MR) is 105 cm³/mol. The lowest BCUT2D eigenvalue weighted by Crippen LogP contribution is -2.30. The van der Waals surface area contributed by atoms with Crippen molar-refractivity contribution < 1.29 is 9.53 Å². The van der Waals surface area contributed by atoms with Gasteiger partial charge in [-0.3, -0.25) is 9.69 Å². The molecule has 0 unspecified atom stereocenters. The fourth-order valence-electron chi connectivity index (χ4n) is 2.78. The van der Waals surface area contributed by atoms with Crippen LogP contribution in [0.4, 0.5) is 5.69 Å². The van der Waals surface area contributed by atoms with E-state index in [9.17, 15) is 4.79 Å². The van der Waals surface area contributed by atoms with Crippen LogP contribution in [-0.2, 0) is 4.79 Å². The first-order chi connectivity index (χ1) is 11.9. The van der Waals surface area contributed by atoms with Gasteiger partial charge in [-0.1, -0.05) is 17.7 Å². The Kier molecular flexibility index (Phi) is 4.79. The van der Waals surface area contributed by atoms with Gasteiger partial charge in [-0.15, -0.1) is 0 Å². The highest BCUT2D eigenvalue weighted by Gasteiger charge is 2.32. The van der Waals surface area contributed by atoms with E-state index in [-0.39, 0.29) is 5.91 Å². The van der Waals surface area contributed by atoms with Gasteiger partial charge in [-0.2, -0.15) is 0 Å². The number of thiocarbonyl (C=S) groups is 1. The average Bonchev–Trinajstić information content (AvgIpc) is 2.82. The van der Waals surface area contributed by atoms with Crippen molar-refractivity contribution >= 4 is 46.6 Å². The molecule has 4 nitrogen and oxygen atoms in total. The van der Waals surface area contributed by atoms with Gasteiger partial charge >= 0.3 is 0 Å². The van der Waals surface area contributed by atoms with Crippen LogP contribution in [0.3, 0.4) is 0 Å². The van der Waals surface area contributed by atoms with E-state index in [1.807, 2.05) is 32.0 Å². The summed E-state index contributed by atoms with van der Waals surface area (Å²) in [6, 6.07) is 11.1. The number of benzene rings is 2. The molecule has 0 spiro atoms. The molecular formula is C19H17ClN2O2S. The number of anilines is 1. The molecule has 1 saturated heterocycles. The molecule has 2 aromatic carbocycles. The topological polar surface area (TPSA) is 41.6 Å². The van der Waals surface area contributed by atoms with Gasteiger partial charge < -0.3 is 10.1 Å². The number of methoxy groups -OCH3 is 1. The molecule has 0 atom stereocenters. The number of nitrogens with one attached hydrogen (secondary N) is 1. The summed E-state index contributed by atoms with van der Waals surface area (Å²) in [6.07, 6.45) is 1.78. The first-order valence-electron chi connectivity index (χ1n) is 7.68. The maximum atomic E-state index is 12.8. The number of hydrogen-bond acceptors (Lipinski definition) is 3.